The quantitative estimate of drug-likeness (QED) is 0.647. The first-order valence-corrected chi connectivity index (χ1v) is 7.13. The van der Waals surface area contributed by atoms with Gasteiger partial charge < -0.3 is 15.6 Å². The molecule has 0 saturated carbocycles. The lowest BCUT2D eigenvalue weighted by atomic mass is 9.80. The van der Waals surface area contributed by atoms with Gasteiger partial charge in [0.05, 0.1) is 5.69 Å². The number of hydrogen-bond acceptors (Lipinski definition) is 4. The average molecular weight is 311 g/mol. The Labute approximate surface area is 127 Å². The van der Waals surface area contributed by atoms with E-state index in [9.17, 15) is 13.6 Å². The fourth-order valence-corrected chi connectivity index (χ4v) is 2.82. The highest BCUT2D eigenvalue weighted by Gasteiger charge is 2.28. The summed E-state index contributed by atoms with van der Waals surface area (Å²) >= 11 is 0. The van der Waals surface area contributed by atoms with Crippen molar-refractivity contribution in [3.63, 3.8) is 0 Å². The number of ether oxygens (including phenoxy) is 1. The van der Waals surface area contributed by atoms with Crippen molar-refractivity contribution in [3.05, 3.63) is 41.2 Å². The summed E-state index contributed by atoms with van der Waals surface area (Å²) in [5, 5.41) is 8.91. The van der Waals surface area contributed by atoms with E-state index in [2.05, 4.69) is 0 Å². The number of allylic oxidation sites excluding steroid dienone is 2. The minimum Gasteiger partial charge on any atom is -0.472 e. The molecule has 0 aromatic heterocycles. The van der Waals surface area contributed by atoms with Crippen molar-refractivity contribution < 1.29 is 23.4 Å². The SMILES string of the molecule is CC(Cc1cc(F)c(N)cc1F)C1CCC(=O)C=C1OCO. The molecular weight excluding hydrogens is 292 g/mol. The second-order valence-corrected chi connectivity index (χ2v) is 5.58. The third kappa shape index (κ3) is 3.62. The van der Waals surface area contributed by atoms with Crippen molar-refractivity contribution in [2.45, 2.75) is 26.2 Å². The molecule has 0 aliphatic heterocycles. The lowest BCUT2D eigenvalue weighted by Gasteiger charge is -2.28. The minimum absolute atomic E-state index is 0.0587. The summed E-state index contributed by atoms with van der Waals surface area (Å²) in [7, 11) is 0. The summed E-state index contributed by atoms with van der Waals surface area (Å²) in [4.78, 5) is 11.4. The van der Waals surface area contributed by atoms with Crippen molar-refractivity contribution >= 4 is 11.5 Å². The molecule has 120 valence electrons. The minimum atomic E-state index is -0.648. The van der Waals surface area contributed by atoms with E-state index in [4.69, 9.17) is 15.6 Å². The van der Waals surface area contributed by atoms with Gasteiger partial charge in [-0.25, -0.2) is 8.78 Å². The van der Waals surface area contributed by atoms with Crippen LogP contribution >= 0.6 is 0 Å². The van der Waals surface area contributed by atoms with Crippen LogP contribution in [0.5, 0.6) is 0 Å². The van der Waals surface area contributed by atoms with Crippen molar-refractivity contribution in [3.8, 4) is 0 Å². The van der Waals surface area contributed by atoms with Crippen molar-refractivity contribution in [2.24, 2.45) is 11.8 Å². The van der Waals surface area contributed by atoms with Crippen LogP contribution in [0.15, 0.2) is 24.0 Å². The molecule has 0 bridgehead atoms. The molecule has 22 heavy (non-hydrogen) atoms. The maximum absolute atomic E-state index is 13.9. The van der Waals surface area contributed by atoms with Crippen LogP contribution in [0.2, 0.25) is 0 Å². The van der Waals surface area contributed by atoms with Gasteiger partial charge in [-0.05, 0) is 30.4 Å². The molecule has 1 aromatic rings. The van der Waals surface area contributed by atoms with Crippen LogP contribution in [0.25, 0.3) is 0 Å². The van der Waals surface area contributed by atoms with Crippen molar-refractivity contribution in [1.82, 2.24) is 0 Å². The van der Waals surface area contributed by atoms with Crippen LogP contribution in [0.4, 0.5) is 14.5 Å². The molecule has 1 aliphatic carbocycles. The Hall–Kier alpha value is -1.95. The zero-order valence-electron chi connectivity index (χ0n) is 12.3. The highest BCUT2D eigenvalue weighted by Crippen LogP contribution is 2.33. The summed E-state index contributed by atoms with van der Waals surface area (Å²) in [6, 6.07) is 2.08. The Morgan fingerprint density at radius 3 is 2.82 bits per heavy atom. The van der Waals surface area contributed by atoms with Crippen LogP contribution in [0.1, 0.15) is 25.3 Å². The smallest absolute Gasteiger partial charge is 0.185 e. The fourth-order valence-electron chi connectivity index (χ4n) is 2.82. The highest BCUT2D eigenvalue weighted by molar-refractivity contribution is 5.91. The summed E-state index contributed by atoms with van der Waals surface area (Å²) in [6.07, 6.45) is 2.60. The fraction of sp³-hybridized carbons (Fsp3) is 0.438. The first kappa shape index (κ1) is 16.4. The van der Waals surface area contributed by atoms with Crippen LogP contribution in [-0.4, -0.2) is 17.7 Å². The number of aliphatic hydroxyl groups excluding tert-OH is 1. The number of carbonyl (C=O) groups excluding carboxylic acids is 1. The molecular formula is C16H19F2NO3. The zero-order valence-corrected chi connectivity index (χ0v) is 12.3. The van der Waals surface area contributed by atoms with E-state index in [0.29, 0.717) is 18.6 Å². The first-order valence-electron chi connectivity index (χ1n) is 7.13. The Balaban J connectivity index is 2.17. The Bertz CT molecular complexity index is 601. The number of nitrogens with two attached hydrogens (primary N) is 1. The lowest BCUT2D eigenvalue weighted by Crippen LogP contribution is -2.24. The van der Waals surface area contributed by atoms with Crippen LogP contribution in [-0.2, 0) is 16.0 Å². The van der Waals surface area contributed by atoms with Gasteiger partial charge in [-0.15, -0.1) is 0 Å². The molecule has 0 radical (unpaired) electrons. The Kier molecular flexibility index (Phi) is 5.13. The largest absolute Gasteiger partial charge is 0.472 e. The molecule has 4 nitrogen and oxygen atoms in total. The van der Waals surface area contributed by atoms with Gasteiger partial charge >= 0.3 is 0 Å². The number of anilines is 1. The van der Waals surface area contributed by atoms with Crippen LogP contribution in [0, 0.1) is 23.5 Å². The number of rotatable bonds is 5. The predicted molar refractivity (Wildman–Crippen MR) is 77.6 cm³/mol. The Morgan fingerprint density at radius 2 is 2.14 bits per heavy atom. The number of aliphatic hydroxyl groups is 1. The molecule has 2 unspecified atom stereocenters. The molecule has 0 fully saturated rings. The number of halogens is 2. The monoisotopic (exact) mass is 311 g/mol. The van der Waals surface area contributed by atoms with E-state index in [0.717, 1.165) is 12.1 Å². The number of benzene rings is 1. The number of hydrogen-bond donors (Lipinski definition) is 2. The van der Waals surface area contributed by atoms with Gasteiger partial charge in [0.1, 0.15) is 17.4 Å². The van der Waals surface area contributed by atoms with E-state index in [1.54, 1.807) is 0 Å². The van der Waals surface area contributed by atoms with Crippen LogP contribution in [0.3, 0.4) is 0 Å². The topological polar surface area (TPSA) is 72.6 Å². The average Bonchev–Trinajstić information content (AvgIpc) is 2.45. The second kappa shape index (κ2) is 6.87. The van der Waals surface area contributed by atoms with E-state index < -0.39 is 18.4 Å². The first-order chi connectivity index (χ1) is 10.4. The maximum Gasteiger partial charge on any atom is 0.185 e. The van der Waals surface area contributed by atoms with Crippen molar-refractivity contribution in [2.75, 3.05) is 12.5 Å². The van der Waals surface area contributed by atoms with E-state index >= 15 is 0 Å². The van der Waals surface area contributed by atoms with Gasteiger partial charge in [0.2, 0.25) is 0 Å². The van der Waals surface area contributed by atoms with Crippen molar-refractivity contribution in [1.29, 1.82) is 0 Å². The zero-order chi connectivity index (χ0) is 16.3. The lowest BCUT2D eigenvalue weighted by molar-refractivity contribution is -0.116. The van der Waals surface area contributed by atoms with Crippen LogP contribution < -0.4 is 5.73 Å². The molecule has 6 heteroatoms. The van der Waals surface area contributed by atoms with E-state index in [1.165, 1.54) is 6.08 Å². The molecule has 3 N–H and O–H groups in total. The number of ketones is 1. The molecule has 0 heterocycles. The summed E-state index contributed by atoms with van der Waals surface area (Å²) in [5.41, 5.74) is 5.35. The number of carbonyl (C=O) groups is 1. The van der Waals surface area contributed by atoms with Gasteiger partial charge in [-0.3, -0.25) is 4.79 Å². The summed E-state index contributed by atoms with van der Waals surface area (Å²) in [6.45, 7) is 1.36. The number of nitrogen functional groups attached to an aromatic ring is 1. The predicted octanol–water partition coefficient (Wildman–Crippen LogP) is 2.56. The van der Waals surface area contributed by atoms with Gasteiger partial charge in [0, 0.05) is 24.5 Å². The van der Waals surface area contributed by atoms with E-state index in [1.807, 2.05) is 6.92 Å². The third-order valence-electron chi connectivity index (χ3n) is 4.00. The molecule has 0 amide bonds. The van der Waals surface area contributed by atoms with Gasteiger partial charge in [0.15, 0.2) is 12.6 Å². The highest BCUT2D eigenvalue weighted by atomic mass is 19.1. The second-order valence-electron chi connectivity index (χ2n) is 5.58. The normalized spacial score (nSPS) is 19.7. The molecule has 2 atom stereocenters. The standard InChI is InChI=1S/C16H19F2NO3/c1-9(4-10-5-14(18)15(19)7-13(10)17)12-3-2-11(21)6-16(12)22-8-20/h5-7,9,12,20H,2-4,8,19H2,1H3. The Morgan fingerprint density at radius 1 is 1.41 bits per heavy atom. The molecule has 0 spiro atoms. The molecule has 0 saturated heterocycles. The van der Waals surface area contributed by atoms with Gasteiger partial charge in [-0.1, -0.05) is 6.92 Å². The molecule has 1 aliphatic rings. The summed E-state index contributed by atoms with van der Waals surface area (Å²) in [5.74, 6) is -1.05. The molecule has 1 aromatic carbocycles. The van der Waals surface area contributed by atoms with Gasteiger partial charge in [0.25, 0.3) is 0 Å². The van der Waals surface area contributed by atoms with Gasteiger partial charge in [-0.2, -0.15) is 0 Å². The maximum atomic E-state index is 13.9. The van der Waals surface area contributed by atoms with E-state index in [-0.39, 0.29) is 35.3 Å². The third-order valence-corrected chi connectivity index (χ3v) is 4.00. The molecule has 2 rings (SSSR count). The summed E-state index contributed by atoms with van der Waals surface area (Å²) < 4.78 is 32.5.